The molecule has 0 atom stereocenters. The number of ether oxygens (including phenoxy) is 2. The molecule has 0 aliphatic rings. The Morgan fingerprint density at radius 3 is 1.82 bits per heavy atom. The molecule has 6 heteroatoms. The van der Waals surface area contributed by atoms with Gasteiger partial charge in [0.25, 0.3) is 0 Å². The van der Waals surface area contributed by atoms with Crippen molar-refractivity contribution in [2.75, 3.05) is 19.8 Å². The summed E-state index contributed by atoms with van der Waals surface area (Å²) in [4.78, 5) is 8.93. The van der Waals surface area contributed by atoms with Crippen LogP contribution in [-0.4, -0.2) is 47.9 Å². The van der Waals surface area contributed by atoms with Gasteiger partial charge in [0, 0.05) is 35.7 Å². The Bertz CT molecular complexity index is 844. The van der Waals surface area contributed by atoms with Crippen molar-refractivity contribution >= 4 is 12.4 Å². The SMILES string of the molecule is CCOc1ccc(C=NCC(C)(C)N=Cc2ccc(OCC)cc2O)c(O)c1. The van der Waals surface area contributed by atoms with E-state index in [-0.39, 0.29) is 11.5 Å². The van der Waals surface area contributed by atoms with Crippen LogP contribution in [0, 0.1) is 0 Å². The lowest BCUT2D eigenvalue weighted by molar-refractivity contribution is 0.337. The van der Waals surface area contributed by atoms with Crippen LogP contribution in [0.2, 0.25) is 0 Å². The second-order valence-electron chi connectivity index (χ2n) is 6.85. The van der Waals surface area contributed by atoms with Crippen molar-refractivity contribution in [2.24, 2.45) is 9.98 Å². The van der Waals surface area contributed by atoms with Gasteiger partial charge in [-0.2, -0.15) is 0 Å². The van der Waals surface area contributed by atoms with E-state index in [1.54, 1.807) is 48.8 Å². The molecule has 0 amide bonds. The zero-order chi connectivity index (χ0) is 20.6. The molecule has 0 spiro atoms. The minimum atomic E-state index is -0.470. The molecule has 0 fully saturated rings. The van der Waals surface area contributed by atoms with E-state index >= 15 is 0 Å². The Morgan fingerprint density at radius 2 is 1.36 bits per heavy atom. The molecule has 2 N–H and O–H groups in total. The average molecular weight is 384 g/mol. The normalized spacial score (nSPS) is 12.0. The monoisotopic (exact) mass is 384 g/mol. The highest BCUT2D eigenvalue weighted by atomic mass is 16.5. The van der Waals surface area contributed by atoms with E-state index in [1.807, 2.05) is 27.7 Å². The van der Waals surface area contributed by atoms with Gasteiger partial charge in [-0.25, -0.2) is 0 Å². The molecule has 2 rings (SSSR count). The molecule has 0 unspecified atom stereocenters. The molecule has 150 valence electrons. The highest BCUT2D eigenvalue weighted by Crippen LogP contribution is 2.24. The molecule has 0 aliphatic carbocycles. The van der Waals surface area contributed by atoms with E-state index < -0.39 is 5.54 Å². The second-order valence-corrected chi connectivity index (χ2v) is 6.85. The van der Waals surface area contributed by atoms with Crippen LogP contribution < -0.4 is 9.47 Å². The van der Waals surface area contributed by atoms with E-state index in [9.17, 15) is 10.2 Å². The summed E-state index contributed by atoms with van der Waals surface area (Å²) in [5.74, 6) is 1.48. The Morgan fingerprint density at radius 1 is 0.857 bits per heavy atom. The highest BCUT2D eigenvalue weighted by molar-refractivity contribution is 5.84. The van der Waals surface area contributed by atoms with E-state index in [0.717, 1.165) is 0 Å². The van der Waals surface area contributed by atoms with Crippen LogP contribution in [0.25, 0.3) is 0 Å². The Hall–Kier alpha value is -3.02. The molecular formula is C22H28N2O4. The highest BCUT2D eigenvalue weighted by Gasteiger charge is 2.14. The Labute approximate surface area is 166 Å². The quantitative estimate of drug-likeness (QED) is 0.634. The van der Waals surface area contributed by atoms with Crippen molar-refractivity contribution in [2.45, 2.75) is 33.2 Å². The topological polar surface area (TPSA) is 83.6 Å². The van der Waals surface area contributed by atoms with Crippen molar-refractivity contribution in [3.8, 4) is 23.0 Å². The molecule has 0 radical (unpaired) electrons. The first kappa shape index (κ1) is 21.3. The van der Waals surface area contributed by atoms with E-state index in [2.05, 4.69) is 9.98 Å². The van der Waals surface area contributed by atoms with Gasteiger partial charge in [-0.05, 0) is 52.0 Å². The van der Waals surface area contributed by atoms with Gasteiger partial charge in [0.15, 0.2) is 0 Å². The standard InChI is InChI=1S/C22H28N2O4/c1-5-27-18-9-7-16(20(25)11-18)13-23-15-22(3,4)24-14-17-8-10-19(28-6-2)12-21(17)26/h7-14,25-26H,5-6,15H2,1-4H3. The molecule has 0 bridgehead atoms. The van der Waals surface area contributed by atoms with Gasteiger partial charge in [-0.3, -0.25) is 9.98 Å². The zero-order valence-corrected chi connectivity index (χ0v) is 16.8. The minimum Gasteiger partial charge on any atom is -0.507 e. The molecule has 0 aromatic heterocycles. The molecule has 2 aromatic carbocycles. The largest absolute Gasteiger partial charge is 0.507 e. The first-order valence-electron chi connectivity index (χ1n) is 9.31. The van der Waals surface area contributed by atoms with Gasteiger partial charge in [-0.15, -0.1) is 0 Å². The summed E-state index contributed by atoms with van der Waals surface area (Å²) >= 11 is 0. The second kappa shape index (κ2) is 9.78. The first-order valence-corrected chi connectivity index (χ1v) is 9.31. The van der Waals surface area contributed by atoms with Gasteiger partial charge in [-0.1, -0.05) is 0 Å². The van der Waals surface area contributed by atoms with Crippen LogP contribution in [0.5, 0.6) is 23.0 Å². The Kier molecular flexibility index (Phi) is 7.44. The molecule has 0 heterocycles. The fraction of sp³-hybridized carbons (Fsp3) is 0.364. The predicted molar refractivity (Wildman–Crippen MR) is 113 cm³/mol. The van der Waals surface area contributed by atoms with Gasteiger partial charge in [0.05, 0.1) is 25.3 Å². The van der Waals surface area contributed by atoms with Gasteiger partial charge in [0.2, 0.25) is 0 Å². The smallest absolute Gasteiger partial charge is 0.128 e. The van der Waals surface area contributed by atoms with Crippen LogP contribution in [0.1, 0.15) is 38.8 Å². The summed E-state index contributed by atoms with van der Waals surface area (Å²) in [6.45, 7) is 9.19. The summed E-state index contributed by atoms with van der Waals surface area (Å²) in [6, 6.07) is 10.3. The minimum absolute atomic E-state index is 0.119. The molecule has 2 aromatic rings. The van der Waals surface area contributed by atoms with Crippen LogP contribution in [-0.2, 0) is 0 Å². The number of phenolic OH excluding ortho intramolecular Hbond substituents is 2. The molecule has 0 saturated carbocycles. The third-order valence-corrected chi connectivity index (χ3v) is 3.89. The number of nitrogens with zero attached hydrogens (tertiary/aromatic N) is 2. The zero-order valence-electron chi connectivity index (χ0n) is 16.8. The van der Waals surface area contributed by atoms with Crippen molar-refractivity contribution in [1.29, 1.82) is 0 Å². The summed E-state index contributed by atoms with van der Waals surface area (Å²) in [7, 11) is 0. The number of rotatable bonds is 9. The molecule has 0 saturated heterocycles. The van der Waals surface area contributed by atoms with Crippen molar-refractivity contribution in [1.82, 2.24) is 0 Å². The molecule has 0 aliphatic heterocycles. The van der Waals surface area contributed by atoms with Gasteiger partial charge in [0.1, 0.15) is 23.0 Å². The van der Waals surface area contributed by atoms with Gasteiger partial charge < -0.3 is 19.7 Å². The number of aromatic hydroxyl groups is 2. The fourth-order valence-electron chi connectivity index (χ4n) is 2.43. The molecule has 6 nitrogen and oxygen atoms in total. The van der Waals surface area contributed by atoms with E-state index in [1.165, 1.54) is 0 Å². The average Bonchev–Trinajstić information content (AvgIpc) is 2.63. The van der Waals surface area contributed by atoms with Gasteiger partial charge >= 0.3 is 0 Å². The lowest BCUT2D eigenvalue weighted by atomic mass is 10.1. The summed E-state index contributed by atoms with van der Waals surface area (Å²) in [6.07, 6.45) is 3.26. The van der Waals surface area contributed by atoms with E-state index in [4.69, 9.17) is 9.47 Å². The van der Waals surface area contributed by atoms with Crippen LogP contribution in [0.3, 0.4) is 0 Å². The maximum Gasteiger partial charge on any atom is 0.128 e. The maximum atomic E-state index is 10.1. The maximum absolute atomic E-state index is 10.1. The summed E-state index contributed by atoms with van der Waals surface area (Å²) < 4.78 is 10.7. The number of phenols is 2. The van der Waals surface area contributed by atoms with Crippen molar-refractivity contribution in [3.05, 3.63) is 47.5 Å². The number of aliphatic imine (C=N–C) groups is 2. The summed E-state index contributed by atoms with van der Waals surface area (Å²) in [5.41, 5.74) is 0.764. The number of benzene rings is 2. The number of hydrogen-bond acceptors (Lipinski definition) is 6. The van der Waals surface area contributed by atoms with Crippen LogP contribution in [0.4, 0.5) is 0 Å². The van der Waals surface area contributed by atoms with Crippen LogP contribution in [0.15, 0.2) is 46.4 Å². The lowest BCUT2D eigenvalue weighted by Gasteiger charge is -2.16. The van der Waals surface area contributed by atoms with Crippen molar-refractivity contribution < 1.29 is 19.7 Å². The van der Waals surface area contributed by atoms with Crippen molar-refractivity contribution in [3.63, 3.8) is 0 Å². The first-order chi connectivity index (χ1) is 13.3. The fourth-order valence-corrected chi connectivity index (χ4v) is 2.43. The third kappa shape index (κ3) is 6.30. The third-order valence-electron chi connectivity index (χ3n) is 3.89. The molecule has 28 heavy (non-hydrogen) atoms. The summed E-state index contributed by atoms with van der Waals surface area (Å²) in [5, 5.41) is 20.1. The number of hydrogen-bond donors (Lipinski definition) is 2. The molecular weight excluding hydrogens is 356 g/mol. The van der Waals surface area contributed by atoms with E-state index in [0.29, 0.717) is 42.4 Å². The lowest BCUT2D eigenvalue weighted by Crippen LogP contribution is -2.21. The predicted octanol–water partition coefficient (Wildman–Crippen LogP) is 4.21. The van der Waals surface area contributed by atoms with Crippen LogP contribution >= 0.6 is 0 Å². The Balaban J connectivity index is 2.01.